The van der Waals surface area contributed by atoms with Crippen LogP contribution in [0.25, 0.3) is 0 Å². The van der Waals surface area contributed by atoms with Gasteiger partial charge in [-0.05, 0) is 12.5 Å². The molecule has 18 heavy (non-hydrogen) atoms. The number of thiophene rings is 1. The van der Waals surface area contributed by atoms with Gasteiger partial charge in [-0.3, -0.25) is 4.68 Å². The molecular formula is C11H14Cl2N4S. The molecule has 2 aromatic heterocycles. The summed E-state index contributed by atoms with van der Waals surface area (Å²) in [5, 5.41) is 4.17. The van der Waals surface area contributed by atoms with Crippen molar-refractivity contribution in [1.29, 1.82) is 0 Å². The maximum absolute atomic E-state index is 6.15. The van der Waals surface area contributed by atoms with Crippen molar-refractivity contribution in [2.45, 2.75) is 32.4 Å². The lowest BCUT2D eigenvalue weighted by Crippen LogP contribution is -2.17. The van der Waals surface area contributed by atoms with Crippen molar-refractivity contribution in [2.75, 3.05) is 0 Å². The van der Waals surface area contributed by atoms with Gasteiger partial charge in [0.1, 0.15) is 12.2 Å². The quantitative estimate of drug-likeness (QED) is 0.922. The third-order valence-electron chi connectivity index (χ3n) is 2.62. The first-order valence-electron chi connectivity index (χ1n) is 5.68. The summed E-state index contributed by atoms with van der Waals surface area (Å²) < 4.78 is 3.18. The van der Waals surface area contributed by atoms with Gasteiger partial charge in [0.2, 0.25) is 0 Å². The Morgan fingerprint density at radius 2 is 2.28 bits per heavy atom. The van der Waals surface area contributed by atoms with Gasteiger partial charge in [-0.2, -0.15) is 5.10 Å². The van der Waals surface area contributed by atoms with Gasteiger partial charge in [0.05, 0.1) is 8.67 Å². The highest BCUT2D eigenvalue weighted by atomic mass is 35.5. The van der Waals surface area contributed by atoms with Crippen LogP contribution in [-0.4, -0.2) is 14.8 Å². The molecule has 1 atom stereocenters. The molecule has 0 amide bonds. The molecule has 98 valence electrons. The maximum atomic E-state index is 6.15. The van der Waals surface area contributed by atoms with E-state index in [1.54, 1.807) is 6.33 Å². The van der Waals surface area contributed by atoms with Crippen LogP contribution in [0.3, 0.4) is 0 Å². The Kier molecular flexibility index (Phi) is 4.61. The Hall–Kier alpha value is -0.620. The molecule has 0 aromatic carbocycles. The zero-order valence-electron chi connectivity index (χ0n) is 9.94. The largest absolute Gasteiger partial charge is 0.324 e. The van der Waals surface area contributed by atoms with Crippen molar-refractivity contribution in [3.63, 3.8) is 0 Å². The van der Waals surface area contributed by atoms with Crippen LogP contribution in [0.5, 0.6) is 0 Å². The lowest BCUT2D eigenvalue weighted by molar-refractivity contribution is 0.548. The Bertz CT molecular complexity index is 523. The summed E-state index contributed by atoms with van der Waals surface area (Å²) in [5.74, 6) is 0.878. The van der Waals surface area contributed by atoms with Crippen molar-refractivity contribution in [2.24, 2.45) is 5.73 Å². The van der Waals surface area contributed by atoms with Crippen molar-refractivity contribution >= 4 is 34.5 Å². The lowest BCUT2D eigenvalue weighted by atomic mass is 10.1. The summed E-state index contributed by atoms with van der Waals surface area (Å²) in [6.07, 6.45) is 3.17. The van der Waals surface area contributed by atoms with Crippen LogP contribution in [0, 0.1) is 0 Å². The second kappa shape index (κ2) is 6.02. The molecule has 0 spiro atoms. The van der Waals surface area contributed by atoms with E-state index in [0.29, 0.717) is 15.1 Å². The van der Waals surface area contributed by atoms with E-state index >= 15 is 0 Å². The lowest BCUT2D eigenvalue weighted by Gasteiger charge is -2.11. The highest BCUT2D eigenvalue weighted by molar-refractivity contribution is 7.20. The molecule has 2 rings (SSSR count). The van der Waals surface area contributed by atoms with Crippen LogP contribution < -0.4 is 5.73 Å². The normalized spacial score (nSPS) is 12.9. The third kappa shape index (κ3) is 3.03. The van der Waals surface area contributed by atoms with Crippen LogP contribution in [0.4, 0.5) is 0 Å². The highest BCUT2D eigenvalue weighted by Crippen LogP contribution is 2.35. The van der Waals surface area contributed by atoms with E-state index in [2.05, 4.69) is 17.0 Å². The predicted octanol–water partition coefficient (Wildman–Crippen LogP) is 3.30. The van der Waals surface area contributed by atoms with Gasteiger partial charge in [-0.1, -0.05) is 30.1 Å². The summed E-state index contributed by atoms with van der Waals surface area (Å²) in [4.78, 5) is 4.24. The van der Waals surface area contributed by atoms with Crippen LogP contribution >= 0.6 is 34.5 Å². The minimum Gasteiger partial charge on any atom is -0.324 e. The number of nitrogens with two attached hydrogens (primary N) is 1. The fraction of sp³-hybridized carbons (Fsp3) is 0.455. The van der Waals surface area contributed by atoms with E-state index in [-0.39, 0.29) is 6.04 Å². The standard InChI is InChI=1S/C11H14Cl2N4S/c1-2-3-17-10(15-6-16-17)5-8(14)7-4-9(12)18-11(7)13/h4,6,8H,2-3,5,14H2,1H3. The molecule has 2 N–H and O–H groups in total. The number of aromatic nitrogens is 3. The SMILES string of the molecule is CCCn1ncnc1CC(N)c1cc(Cl)sc1Cl. The zero-order valence-corrected chi connectivity index (χ0v) is 12.3. The molecular weight excluding hydrogens is 291 g/mol. The smallest absolute Gasteiger partial charge is 0.138 e. The van der Waals surface area contributed by atoms with E-state index in [1.165, 1.54) is 11.3 Å². The van der Waals surface area contributed by atoms with Crippen molar-refractivity contribution in [3.05, 3.63) is 32.5 Å². The third-order valence-corrected chi connectivity index (χ3v) is 4.13. The molecule has 2 heterocycles. The van der Waals surface area contributed by atoms with Crippen molar-refractivity contribution in [3.8, 4) is 0 Å². The van der Waals surface area contributed by atoms with Crippen molar-refractivity contribution < 1.29 is 0 Å². The van der Waals surface area contributed by atoms with E-state index < -0.39 is 0 Å². The van der Waals surface area contributed by atoms with Crippen molar-refractivity contribution in [1.82, 2.24) is 14.8 Å². The Morgan fingerprint density at radius 3 is 2.89 bits per heavy atom. The first-order chi connectivity index (χ1) is 8.61. The maximum Gasteiger partial charge on any atom is 0.138 e. The molecule has 4 nitrogen and oxygen atoms in total. The minimum absolute atomic E-state index is 0.207. The molecule has 0 aliphatic carbocycles. The number of halogens is 2. The fourth-order valence-corrected chi connectivity index (χ4v) is 3.35. The van der Waals surface area contributed by atoms with Gasteiger partial charge in [0.25, 0.3) is 0 Å². The molecule has 0 saturated heterocycles. The molecule has 0 saturated carbocycles. The summed E-state index contributed by atoms with van der Waals surface area (Å²) >= 11 is 13.3. The van der Waals surface area contributed by atoms with E-state index in [9.17, 15) is 0 Å². The van der Waals surface area contributed by atoms with E-state index in [4.69, 9.17) is 28.9 Å². The summed E-state index contributed by atoms with van der Waals surface area (Å²) in [5.41, 5.74) is 7.02. The van der Waals surface area contributed by atoms with Gasteiger partial charge in [-0.25, -0.2) is 4.98 Å². The number of aryl methyl sites for hydroxylation is 1. The average Bonchev–Trinajstić information content (AvgIpc) is 2.87. The average molecular weight is 305 g/mol. The molecule has 7 heteroatoms. The second-order valence-electron chi connectivity index (χ2n) is 3.99. The molecule has 0 aliphatic heterocycles. The number of rotatable bonds is 5. The van der Waals surface area contributed by atoms with E-state index in [0.717, 1.165) is 24.4 Å². The van der Waals surface area contributed by atoms with Crippen LogP contribution in [-0.2, 0) is 13.0 Å². The van der Waals surface area contributed by atoms with Gasteiger partial charge in [0.15, 0.2) is 0 Å². The minimum atomic E-state index is -0.207. The number of hydrogen-bond acceptors (Lipinski definition) is 4. The van der Waals surface area contributed by atoms with Gasteiger partial charge >= 0.3 is 0 Å². The monoisotopic (exact) mass is 304 g/mol. The molecule has 2 aromatic rings. The molecule has 0 fully saturated rings. The molecule has 0 aliphatic rings. The van der Waals surface area contributed by atoms with Gasteiger partial charge in [-0.15, -0.1) is 11.3 Å². The number of hydrogen-bond donors (Lipinski definition) is 1. The van der Waals surface area contributed by atoms with Crippen LogP contribution in [0.2, 0.25) is 8.67 Å². The second-order valence-corrected chi connectivity index (χ2v) is 6.28. The fourth-order valence-electron chi connectivity index (χ4n) is 1.76. The Labute approximate surface area is 120 Å². The first kappa shape index (κ1) is 13.8. The first-order valence-corrected chi connectivity index (χ1v) is 7.26. The van der Waals surface area contributed by atoms with Crippen LogP contribution in [0.1, 0.15) is 30.8 Å². The summed E-state index contributed by atoms with van der Waals surface area (Å²) in [7, 11) is 0. The summed E-state index contributed by atoms with van der Waals surface area (Å²) in [6, 6.07) is 1.61. The van der Waals surface area contributed by atoms with Gasteiger partial charge in [0, 0.05) is 24.6 Å². The van der Waals surface area contributed by atoms with E-state index in [1.807, 2.05) is 10.7 Å². The predicted molar refractivity (Wildman–Crippen MR) is 75.3 cm³/mol. The van der Waals surface area contributed by atoms with Gasteiger partial charge < -0.3 is 5.73 Å². The topological polar surface area (TPSA) is 56.7 Å². The Balaban J connectivity index is 2.13. The zero-order chi connectivity index (χ0) is 13.1. The van der Waals surface area contributed by atoms with Crippen LogP contribution in [0.15, 0.2) is 12.4 Å². The summed E-state index contributed by atoms with van der Waals surface area (Å²) in [6.45, 7) is 2.95. The molecule has 1 unspecified atom stereocenters. The molecule has 0 radical (unpaired) electrons. The number of nitrogens with zero attached hydrogens (tertiary/aromatic N) is 3. The Morgan fingerprint density at radius 1 is 1.50 bits per heavy atom. The molecule has 0 bridgehead atoms. The highest BCUT2D eigenvalue weighted by Gasteiger charge is 2.17.